The summed E-state index contributed by atoms with van der Waals surface area (Å²) in [7, 11) is 0. The fourth-order valence-corrected chi connectivity index (χ4v) is 1.43. The lowest BCUT2D eigenvalue weighted by Crippen LogP contribution is -2.16. The summed E-state index contributed by atoms with van der Waals surface area (Å²) in [5.74, 6) is 0.696. The second kappa shape index (κ2) is 4.49. The Hall–Kier alpha value is -0.320. The monoisotopic (exact) mass is 172 g/mol. The fraction of sp³-hybridized carbons (Fsp3) is 0.667. The SMILES string of the molecule is CC(C)(CSC#N)SC#N. The molecular formula is C6H8N2S2. The van der Waals surface area contributed by atoms with Crippen molar-refractivity contribution in [3.63, 3.8) is 0 Å². The first-order valence-corrected chi connectivity index (χ1v) is 4.50. The Labute approximate surface area is 69.6 Å². The molecule has 0 aromatic heterocycles. The highest BCUT2D eigenvalue weighted by Crippen LogP contribution is 2.26. The third-order valence-corrected chi connectivity index (χ3v) is 2.77. The number of rotatable bonds is 3. The van der Waals surface area contributed by atoms with Gasteiger partial charge in [0.15, 0.2) is 0 Å². The van der Waals surface area contributed by atoms with Crippen LogP contribution >= 0.6 is 23.5 Å². The van der Waals surface area contributed by atoms with Gasteiger partial charge in [-0.05, 0) is 37.4 Å². The summed E-state index contributed by atoms with van der Waals surface area (Å²) in [4.78, 5) is 0. The van der Waals surface area contributed by atoms with Gasteiger partial charge in [0.25, 0.3) is 0 Å². The minimum Gasteiger partial charge on any atom is -0.185 e. The molecule has 0 aromatic carbocycles. The van der Waals surface area contributed by atoms with Gasteiger partial charge in [-0.15, -0.1) is 0 Å². The summed E-state index contributed by atoms with van der Waals surface area (Å²) in [6, 6.07) is 0. The van der Waals surface area contributed by atoms with E-state index in [1.54, 1.807) is 0 Å². The van der Waals surface area contributed by atoms with E-state index in [1.807, 2.05) is 24.6 Å². The van der Waals surface area contributed by atoms with Crippen LogP contribution in [0.3, 0.4) is 0 Å². The second-order valence-electron chi connectivity index (χ2n) is 2.33. The van der Waals surface area contributed by atoms with Gasteiger partial charge in [-0.25, -0.2) is 0 Å². The summed E-state index contributed by atoms with van der Waals surface area (Å²) in [5, 5.41) is 20.5. The Balaban J connectivity index is 3.68. The van der Waals surface area contributed by atoms with Gasteiger partial charge in [-0.1, -0.05) is 0 Å². The van der Waals surface area contributed by atoms with Crippen LogP contribution in [0.4, 0.5) is 0 Å². The van der Waals surface area contributed by atoms with Gasteiger partial charge in [0, 0.05) is 10.5 Å². The maximum absolute atomic E-state index is 8.32. The van der Waals surface area contributed by atoms with Crippen molar-refractivity contribution in [2.45, 2.75) is 18.6 Å². The van der Waals surface area contributed by atoms with Gasteiger partial charge in [0.2, 0.25) is 0 Å². The van der Waals surface area contributed by atoms with Crippen LogP contribution < -0.4 is 0 Å². The number of hydrogen-bond acceptors (Lipinski definition) is 4. The molecule has 4 heteroatoms. The molecule has 0 aliphatic rings. The number of hydrogen-bond donors (Lipinski definition) is 0. The molecule has 0 spiro atoms. The van der Waals surface area contributed by atoms with Crippen molar-refractivity contribution < 1.29 is 0 Å². The van der Waals surface area contributed by atoms with Gasteiger partial charge in [0.05, 0.1) is 0 Å². The highest BCUT2D eigenvalue weighted by molar-refractivity contribution is 8.08. The van der Waals surface area contributed by atoms with E-state index in [0.29, 0.717) is 5.75 Å². The van der Waals surface area contributed by atoms with Gasteiger partial charge in [-0.2, -0.15) is 10.5 Å². The Morgan fingerprint density at radius 3 is 2.30 bits per heavy atom. The smallest absolute Gasteiger partial charge is 0.133 e. The standard InChI is InChI=1S/C6H8N2S2/c1-6(2,10-5-8)3-9-4-7/h3H2,1-2H3. The van der Waals surface area contributed by atoms with Crippen molar-refractivity contribution in [1.29, 1.82) is 10.5 Å². The molecule has 0 radical (unpaired) electrons. The van der Waals surface area contributed by atoms with Crippen LogP contribution in [-0.4, -0.2) is 10.5 Å². The van der Waals surface area contributed by atoms with Crippen LogP contribution in [0.25, 0.3) is 0 Å². The molecule has 2 nitrogen and oxygen atoms in total. The van der Waals surface area contributed by atoms with E-state index in [1.165, 1.54) is 23.5 Å². The maximum atomic E-state index is 8.32. The third-order valence-electron chi connectivity index (χ3n) is 0.806. The van der Waals surface area contributed by atoms with Crippen molar-refractivity contribution in [3.8, 4) is 10.8 Å². The summed E-state index contributed by atoms with van der Waals surface area (Å²) in [5.41, 5.74) is 0. The molecular weight excluding hydrogens is 164 g/mol. The molecule has 0 rings (SSSR count). The predicted octanol–water partition coefficient (Wildman–Crippen LogP) is 2.19. The Morgan fingerprint density at radius 2 is 1.90 bits per heavy atom. The molecule has 0 heterocycles. The molecule has 0 atom stereocenters. The number of nitrogens with zero attached hydrogens (tertiary/aromatic N) is 2. The highest BCUT2D eigenvalue weighted by atomic mass is 32.2. The summed E-state index contributed by atoms with van der Waals surface area (Å²) >= 11 is 2.40. The molecule has 0 bridgehead atoms. The zero-order chi connectivity index (χ0) is 8.04. The van der Waals surface area contributed by atoms with Crippen molar-refractivity contribution in [3.05, 3.63) is 0 Å². The fourth-order valence-electron chi connectivity index (χ4n) is 0.359. The van der Waals surface area contributed by atoms with E-state index in [0.717, 1.165) is 0 Å². The zero-order valence-electron chi connectivity index (χ0n) is 5.92. The van der Waals surface area contributed by atoms with E-state index in [4.69, 9.17) is 10.5 Å². The van der Waals surface area contributed by atoms with E-state index in [9.17, 15) is 0 Å². The van der Waals surface area contributed by atoms with Gasteiger partial charge in [-0.3, -0.25) is 0 Å². The van der Waals surface area contributed by atoms with E-state index >= 15 is 0 Å². The van der Waals surface area contributed by atoms with Gasteiger partial charge in [0.1, 0.15) is 10.8 Å². The first-order valence-electron chi connectivity index (χ1n) is 2.70. The average Bonchev–Trinajstić information content (AvgIpc) is 1.84. The molecule has 10 heavy (non-hydrogen) atoms. The third kappa shape index (κ3) is 4.55. The van der Waals surface area contributed by atoms with Crippen LogP contribution in [0.1, 0.15) is 13.8 Å². The van der Waals surface area contributed by atoms with Crippen molar-refractivity contribution in [1.82, 2.24) is 0 Å². The lowest BCUT2D eigenvalue weighted by atomic mass is 10.2. The van der Waals surface area contributed by atoms with Crippen LogP contribution in [0.15, 0.2) is 0 Å². The van der Waals surface area contributed by atoms with Crippen molar-refractivity contribution in [2.75, 3.05) is 5.75 Å². The molecule has 0 aromatic rings. The first kappa shape index (κ1) is 9.68. The van der Waals surface area contributed by atoms with E-state index in [-0.39, 0.29) is 4.75 Å². The normalized spacial score (nSPS) is 10.0. The molecule has 54 valence electrons. The topological polar surface area (TPSA) is 47.6 Å². The lowest BCUT2D eigenvalue weighted by molar-refractivity contribution is 0.823. The minimum atomic E-state index is -0.102. The van der Waals surface area contributed by atoms with Crippen LogP contribution in [-0.2, 0) is 0 Å². The van der Waals surface area contributed by atoms with E-state index < -0.39 is 0 Å². The van der Waals surface area contributed by atoms with Crippen LogP contribution in [0, 0.1) is 21.3 Å². The maximum Gasteiger partial charge on any atom is 0.133 e. The summed E-state index contributed by atoms with van der Waals surface area (Å²) < 4.78 is -0.102. The van der Waals surface area contributed by atoms with Crippen molar-refractivity contribution in [2.24, 2.45) is 0 Å². The van der Waals surface area contributed by atoms with E-state index in [2.05, 4.69) is 0 Å². The van der Waals surface area contributed by atoms with Gasteiger partial charge < -0.3 is 0 Å². The lowest BCUT2D eigenvalue weighted by Gasteiger charge is -2.16. The summed E-state index contributed by atoms with van der Waals surface area (Å²) in [6.45, 7) is 3.90. The molecule has 0 aliphatic heterocycles. The second-order valence-corrected chi connectivity index (χ2v) is 4.58. The minimum absolute atomic E-state index is 0.102. The van der Waals surface area contributed by atoms with Gasteiger partial charge >= 0.3 is 0 Å². The largest absolute Gasteiger partial charge is 0.185 e. The molecule has 0 saturated heterocycles. The first-order chi connectivity index (χ1) is 4.62. The predicted molar refractivity (Wildman–Crippen MR) is 45.4 cm³/mol. The number of thiocyanates is 2. The number of thioether (sulfide) groups is 2. The van der Waals surface area contributed by atoms with Crippen LogP contribution in [0.5, 0.6) is 0 Å². The molecule has 0 fully saturated rings. The van der Waals surface area contributed by atoms with Crippen LogP contribution in [0.2, 0.25) is 0 Å². The average molecular weight is 172 g/mol. The summed E-state index contributed by atoms with van der Waals surface area (Å²) in [6.07, 6.45) is 0. The highest BCUT2D eigenvalue weighted by Gasteiger charge is 2.18. The molecule has 0 aliphatic carbocycles. The molecule has 0 unspecified atom stereocenters. The quantitative estimate of drug-likeness (QED) is 0.612. The molecule has 0 amide bonds. The molecule has 0 N–H and O–H groups in total. The Morgan fingerprint density at radius 1 is 1.30 bits per heavy atom. The molecule has 0 saturated carbocycles. The zero-order valence-corrected chi connectivity index (χ0v) is 7.55. The number of nitriles is 2. The van der Waals surface area contributed by atoms with Crippen molar-refractivity contribution >= 4 is 23.5 Å². The Kier molecular flexibility index (Phi) is 4.34. The Bertz CT molecular complexity index is 175.